The van der Waals surface area contributed by atoms with E-state index in [4.69, 9.17) is 15.1 Å². The van der Waals surface area contributed by atoms with E-state index in [0.717, 1.165) is 0 Å². The molecule has 0 radical (unpaired) electrons. The molecular formula is C10H14N2O4. The van der Waals surface area contributed by atoms with Crippen LogP contribution in [0.15, 0.2) is 0 Å². The van der Waals surface area contributed by atoms with Crippen LogP contribution < -0.4 is 5.32 Å². The molecule has 0 spiro atoms. The number of nitrogens with one attached hydrogen (secondary N) is 1. The molecule has 0 aliphatic carbocycles. The highest BCUT2D eigenvalue weighted by Crippen LogP contribution is 2.12. The van der Waals surface area contributed by atoms with Crippen molar-refractivity contribution in [3.8, 4) is 6.07 Å². The third kappa shape index (κ3) is 3.51. The van der Waals surface area contributed by atoms with Gasteiger partial charge in [-0.05, 0) is 12.8 Å². The van der Waals surface area contributed by atoms with Crippen LogP contribution in [0.1, 0.15) is 19.3 Å². The van der Waals surface area contributed by atoms with Gasteiger partial charge in [-0.15, -0.1) is 0 Å². The normalized spacial score (nSPS) is 21.1. The largest absolute Gasteiger partial charge is 0.480 e. The summed E-state index contributed by atoms with van der Waals surface area (Å²) < 4.78 is 5.04. The maximum Gasteiger partial charge on any atom is 0.326 e. The van der Waals surface area contributed by atoms with Gasteiger partial charge in [-0.2, -0.15) is 5.26 Å². The molecule has 0 saturated carbocycles. The van der Waals surface area contributed by atoms with Gasteiger partial charge in [0.05, 0.1) is 18.6 Å². The standard InChI is InChI=1S/C10H14N2O4/c11-4-1-2-8(10(14)15)12-9(13)7-3-5-16-6-7/h7-8H,1-3,5-6H2,(H,12,13)(H,14,15)/t7-,8+/m1/s1. The number of carbonyl (C=O) groups is 2. The van der Waals surface area contributed by atoms with E-state index in [0.29, 0.717) is 19.6 Å². The summed E-state index contributed by atoms with van der Waals surface area (Å²) in [5.41, 5.74) is 0. The van der Waals surface area contributed by atoms with Crippen LogP contribution in [0, 0.1) is 17.2 Å². The fraction of sp³-hybridized carbons (Fsp3) is 0.700. The number of ether oxygens (including phenoxy) is 1. The second-order valence-corrected chi connectivity index (χ2v) is 3.66. The van der Waals surface area contributed by atoms with Gasteiger partial charge in [0.25, 0.3) is 0 Å². The van der Waals surface area contributed by atoms with E-state index in [2.05, 4.69) is 5.32 Å². The average molecular weight is 226 g/mol. The Morgan fingerprint density at radius 3 is 2.88 bits per heavy atom. The van der Waals surface area contributed by atoms with Gasteiger partial charge < -0.3 is 15.2 Å². The molecule has 0 unspecified atom stereocenters. The Morgan fingerprint density at radius 1 is 1.62 bits per heavy atom. The Kier molecular flexibility index (Phi) is 4.73. The van der Waals surface area contributed by atoms with E-state index >= 15 is 0 Å². The molecule has 1 aliphatic heterocycles. The summed E-state index contributed by atoms with van der Waals surface area (Å²) in [4.78, 5) is 22.4. The zero-order chi connectivity index (χ0) is 12.0. The van der Waals surface area contributed by atoms with E-state index in [9.17, 15) is 9.59 Å². The Balaban J connectivity index is 2.44. The Labute approximate surface area is 93.2 Å². The summed E-state index contributed by atoms with van der Waals surface area (Å²) in [6.45, 7) is 0.879. The number of amides is 1. The van der Waals surface area contributed by atoms with Crippen molar-refractivity contribution in [1.82, 2.24) is 5.32 Å². The van der Waals surface area contributed by atoms with Crippen LogP contribution >= 0.6 is 0 Å². The second-order valence-electron chi connectivity index (χ2n) is 3.66. The summed E-state index contributed by atoms with van der Waals surface area (Å²) in [6, 6.07) is 0.878. The lowest BCUT2D eigenvalue weighted by atomic mass is 10.1. The topological polar surface area (TPSA) is 99.4 Å². The number of carboxylic acid groups (broad SMARTS) is 1. The van der Waals surface area contributed by atoms with Crippen LogP contribution in [0.5, 0.6) is 0 Å². The van der Waals surface area contributed by atoms with Gasteiger partial charge in [0.15, 0.2) is 0 Å². The SMILES string of the molecule is N#CCC[C@H](NC(=O)[C@@H]1CCOC1)C(=O)O. The number of carbonyl (C=O) groups excluding carboxylic acids is 1. The van der Waals surface area contributed by atoms with Gasteiger partial charge >= 0.3 is 5.97 Å². The van der Waals surface area contributed by atoms with Crippen molar-refractivity contribution in [1.29, 1.82) is 5.26 Å². The molecule has 6 nitrogen and oxygen atoms in total. The first-order chi connectivity index (χ1) is 7.65. The number of rotatable bonds is 5. The maximum absolute atomic E-state index is 11.6. The van der Waals surface area contributed by atoms with Crippen LogP contribution in [0.3, 0.4) is 0 Å². The highest BCUT2D eigenvalue weighted by molar-refractivity contribution is 5.85. The molecule has 88 valence electrons. The molecule has 6 heteroatoms. The molecular weight excluding hydrogens is 212 g/mol. The van der Waals surface area contributed by atoms with Gasteiger partial charge in [-0.1, -0.05) is 0 Å². The third-order valence-electron chi connectivity index (χ3n) is 2.46. The van der Waals surface area contributed by atoms with Crippen molar-refractivity contribution in [2.75, 3.05) is 13.2 Å². The van der Waals surface area contributed by atoms with Crippen molar-refractivity contribution in [3.63, 3.8) is 0 Å². The minimum atomic E-state index is -1.11. The molecule has 0 aromatic carbocycles. The molecule has 0 aromatic rings. The molecule has 1 heterocycles. The zero-order valence-corrected chi connectivity index (χ0v) is 8.81. The molecule has 0 aromatic heterocycles. The van der Waals surface area contributed by atoms with Crippen LogP contribution in [-0.2, 0) is 14.3 Å². The first-order valence-electron chi connectivity index (χ1n) is 5.13. The number of aliphatic carboxylic acids is 1. The minimum Gasteiger partial charge on any atom is -0.480 e. The highest BCUT2D eigenvalue weighted by Gasteiger charge is 2.27. The number of hydrogen-bond acceptors (Lipinski definition) is 4. The van der Waals surface area contributed by atoms with Gasteiger partial charge in [-0.3, -0.25) is 4.79 Å². The van der Waals surface area contributed by atoms with Crippen molar-refractivity contribution >= 4 is 11.9 Å². The first kappa shape index (κ1) is 12.5. The van der Waals surface area contributed by atoms with Gasteiger partial charge in [0.1, 0.15) is 6.04 Å². The van der Waals surface area contributed by atoms with E-state index < -0.39 is 12.0 Å². The monoisotopic (exact) mass is 226 g/mol. The number of hydrogen-bond donors (Lipinski definition) is 2. The lowest BCUT2D eigenvalue weighted by Crippen LogP contribution is -2.43. The Bertz CT molecular complexity index is 304. The lowest BCUT2D eigenvalue weighted by Gasteiger charge is -2.15. The summed E-state index contributed by atoms with van der Waals surface area (Å²) in [6.07, 6.45) is 0.861. The van der Waals surface area contributed by atoms with E-state index in [1.165, 1.54) is 0 Å². The molecule has 2 N–H and O–H groups in total. The highest BCUT2D eigenvalue weighted by atomic mass is 16.5. The lowest BCUT2D eigenvalue weighted by molar-refractivity contribution is -0.142. The fourth-order valence-electron chi connectivity index (χ4n) is 1.50. The van der Waals surface area contributed by atoms with E-state index in [1.54, 1.807) is 0 Å². The van der Waals surface area contributed by atoms with Crippen LogP contribution in [0.2, 0.25) is 0 Å². The van der Waals surface area contributed by atoms with Gasteiger partial charge in [-0.25, -0.2) is 4.79 Å². The molecule has 0 bridgehead atoms. The van der Waals surface area contributed by atoms with Gasteiger partial charge in [0.2, 0.25) is 5.91 Å². The van der Waals surface area contributed by atoms with Gasteiger partial charge in [0, 0.05) is 13.0 Å². The predicted molar refractivity (Wildman–Crippen MR) is 53.3 cm³/mol. The van der Waals surface area contributed by atoms with Crippen LogP contribution in [-0.4, -0.2) is 36.2 Å². The maximum atomic E-state index is 11.6. The van der Waals surface area contributed by atoms with Crippen LogP contribution in [0.25, 0.3) is 0 Å². The summed E-state index contributed by atoms with van der Waals surface area (Å²) >= 11 is 0. The van der Waals surface area contributed by atoms with E-state index in [-0.39, 0.29) is 24.7 Å². The Hall–Kier alpha value is -1.61. The van der Waals surface area contributed by atoms with Crippen molar-refractivity contribution in [2.45, 2.75) is 25.3 Å². The summed E-state index contributed by atoms with van der Waals surface area (Å²) in [5, 5.41) is 19.6. The number of carboxylic acids is 1. The van der Waals surface area contributed by atoms with Crippen molar-refractivity contribution in [2.24, 2.45) is 5.92 Å². The molecule has 1 fully saturated rings. The molecule has 1 saturated heterocycles. The van der Waals surface area contributed by atoms with Crippen LogP contribution in [0.4, 0.5) is 0 Å². The molecule has 1 aliphatic rings. The van der Waals surface area contributed by atoms with Crippen molar-refractivity contribution < 1.29 is 19.4 Å². The fourth-order valence-corrected chi connectivity index (χ4v) is 1.50. The second kappa shape index (κ2) is 6.08. The third-order valence-corrected chi connectivity index (χ3v) is 2.46. The number of nitrogens with zero attached hydrogens (tertiary/aromatic N) is 1. The first-order valence-corrected chi connectivity index (χ1v) is 5.13. The van der Waals surface area contributed by atoms with Crippen molar-refractivity contribution in [3.05, 3.63) is 0 Å². The molecule has 16 heavy (non-hydrogen) atoms. The zero-order valence-electron chi connectivity index (χ0n) is 8.81. The minimum absolute atomic E-state index is 0.110. The summed E-state index contributed by atoms with van der Waals surface area (Å²) in [5.74, 6) is -1.67. The summed E-state index contributed by atoms with van der Waals surface area (Å²) in [7, 11) is 0. The van der Waals surface area contributed by atoms with E-state index in [1.807, 2.05) is 6.07 Å². The molecule has 1 amide bonds. The predicted octanol–water partition coefficient (Wildman–Crippen LogP) is -0.104. The molecule has 2 atom stereocenters. The average Bonchev–Trinajstić information content (AvgIpc) is 2.76. The number of nitriles is 1. The Morgan fingerprint density at radius 2 is 2.38 bits per heavy atom. The quantitative estimate of drug-likeness (QED) is 0.681. The molecule has 1 rings (SSSR count). The smallest absolute Gasteiger partial charge is 0.326 e.